The van der Waals surface area contributed by atoms with Crippen LogP contribution < -0.4 is 5.32 Å². The predicted molar refractivity (Wildman–Crippen MR) is 97.9 cm³/mol. The summed E-state index contributed by atoms with van der Waals surface area (Å²) in [4.78, 5) is 16.7. The summed E-state index contributed by atoms with van der Waals surface area (Å²) < 4.78 is 13.2. The summed E-state index contributed by atoms with van der Waals surface area (Å²) in [5.74, 6) is -0.501. The molecule has 5 nitrogen and oxygen atoms in total. The van der Waals surface area contributed by atoms with Crippen LogP contribution in [0, 0.1) is 5.82 Å². The minimum atomic E-state index is -0.367. The number of piperazine rings is 1. The minimum absolute atomic E-state index is 0.134. The maximum absolute atomic E-state index is 13.2. The largest absolute Gasteiger partial charge is 0.392 e. The Hall–Kier alpha value is -1.76. The molecule has 6 heteroatoms. The number of hydrogen-bond acceptors (Lipinski definition) is 4. The van der Waals surface area contributed by atoms with Gasteiger partial charge in [-0.15, -0.1) is 6.58 Å². The summed E-state index contributed by atoms with van der Waals surface area (Å²) in [5.41, 5.74) is 0.473. The summed E-state index contributed by atoms with van der Waals surface area (Å²) in [7, 11) is 0. The average molecular weight is 349 g/mol. The SMILES string of the molecule is C=CCCC(O)CN1CCN(C(C)C(=O)Nc2cccc(F)c2)CC1. The van der Waals surface area contributed by atoms with Gasteiger partial charge in [-0.3, -0.25) is 14.6 Å². The molecule has 2 N–H and O–H groups in total. The van der Waals surface area contributed by atoms with Gasteiger partial charge in [-0.05, 0) is 38.0 Å². The normalized spacial score (nSPS) is 18.5. The number of amides is 1. The van der Waals surface area contributed by atoms with Crippen LogP contribution in [0.4, 0.5) is 10.1 Å². The molecule has 2 atom stereocenters. The van der Waals surface area contributed by atoms with E-state index in [1.165, 1.54) is 12.1 Å². The number of carbonyl (C=O) groups is 1. The molecule has 0 bridgehead atoms. The van der Waals surface area contributed by atoms with Crippen LogP contribution in [0.1, 0.15) is 19.8 Å². The molecule has 0 radical (unpaired) electrons. The molecule has 0 saturated carbocycles. The van der Waals surface area contributed by atoms with Crippen molar-refractivity contribution in [1.82, 2.24) is 9.80 Å². The number of carbonyl (C=O) groups excluding carboxylic acids is 1. The van der Waals surface area contributed by atoms with Crippen molar-refractivity contribution in [3.63, 3.8) is 0 Å². The smallest absolute Gasteiger partial charge is 0.241 e. The molecule has 1 fully saturated rings. The van der Waals surface area contributed by atoms with Gasteiger partial charge in [0.2, 0.25) is 5.91 Å². The molecule has 1 amide bonds. The van der Waals surface area contributed by atoms with E-state index in [9.17, 15) is 14.3 Å². The second-order valence-electron chi connectivity index (χ2n) is 6.53. The van der Waals surface area contributed by atoms with E-state index in [4.69, 9.17) is 0 Å². The summed E-state index contributed by atoms with van der Waals surface area (Å²) in [6.45, 7) is 9.38. The van der Waals surface area contributed by atoms with Crippen LogP contribution in [0.5, 0.6) is 0 Å². The zero-order chi connectivity index (χ0) is 18.2. The molecule has 1 aromatic carbocycles. The van der Waals surface area contributed by atoms with Crippen LogP contribution in [-0.4, -0.2) is 65.7 Å². The lowest BCUT2D eigenvalue weighted by Gasteiger charge is -2.38. The van der Waals surface area contributed by atoms with Crippen LogP contribution in [0.3, 0.4) is 0 Å². The Labute approximate surface area is 149 Å². The topological polar surface area (TPSA) is 55.8 Å². The van der Waals surface area contributed by atoms with Crippen molar-refractivity contribution in [2.24, 2.45) is 0 Å². The van der Waals surface area contributed by atoms with E-state index in [1.807, 2.05) is 13.0 Å². The molecule has 1 aliphatic rings. The van der Waals surface area contributed by atoms with Gasteiger partial charge >= 0.3 is 0 Å². The first-order valence-corrected chi connectivity index (χ1v) is 8.81. The number of β-amino-alcohol motifs (C(OH)–C–C–N with tert-alkyl or cyclic N) is 1. The van der Waals surface area contributed by atoms with Crippen molar-refractivity contribution >= 4 is 11.6 Å². The Balaban J connectivity index is 1.77. The fourth-order valence-corrected chi connectivity index (χ4v) is 3.01. The van der Waals surface area contributed by atoms with E-state index in [0.29, 0.717) is 12.2 Å². The monoisotopic (exact) mass is 349 g/mol. The Morgan fingerprint density at radius 2 is 2.12 bits per heavy atom. The van der Waals surface area contributed by atoms with Crippen molar-refractivity contribution in [3.8, 4) is 0 Å². The number of halogens is 1. The molecule has 2 unspecified atom stereocenters. The van der Waals surface area contributed by atoms with Crippen LogP contribution in [0.2, 0.25) is 0 Å². The Morgan fingerprint density at radius 1 is 1.40 bits per heavy atom. The van der Waals surface area contributed by atoms with Gasteiger partial charge in [-0.1, -0.05) is 12.1 Å². The van der Waals surface area contributed by atoms with Gasteiger partial charge in [0.15, 0.2) is 0 Å². The minimum Gasteiger partial charge on any atom is -0.392 e. The lowest BCUT2D eigenvalue weighted by atomic mass is 10.1. The molecule has 25 heavy (non-hydrogen) atoms. The maximum Gasteiger partial charge on any atom is 0.241 e. The summed E-state index contributed by atoms with van der Waals surface area (Å²) >= 11 is 0. The van der Waals surface area contributed by atoms with Crippen molar-refractivity contribution in [2.75, 3.05) is 38.0 Å². The summed E-state index contributed by atoms with van der Waals surface area (Å²) in [6.07, 6.45) is 3.03. The second kappa shape index (κ2) is 9.65. The first-order chi connectivity index (χ1) is 12.0. The molecular weight excluding hydrogens is 321 g/mol. The Kier molecular flexibility index (Phi) is 7.55. The van der Waals surface area contributed by atoms with E-state index in [2.05, 4.69) is 21.7 Å². The van der Waals surface area contributed by atoms with E-state index >= 15 is 0 Å². The Bertz CT molecular complexity index is 574. The molecular formula is C19H28FN3O2. The van der Waals surface area contributed by atoms with Crippen molar-refractivity contribution in [2.45, 2.75) is 31.9 Å². The van der Waals surface area contributed by atoms with Crippen LogP contribution >= 0.6 is 0 Å². The van der Waals surface area contributed by atoms with Gasteiger partial charge in [-0.25, -0.2) is 4.39 Å². The van der Waals surface area contributed by atoms with E-state index < -0.39 is 0 Å². The molecule has 1 aliphatic heterocycles. The lowest BCUT2D eigenvalue weighted by molar-refractivity contribution is -0.121. The zero-order valence-electron chi connectivity index (χ0n) is 14.8. The van der Waals surface area contributed by atoms with Crippen molar-refractivity contribution in [1.29, 1.82) is 0 Å². The van der Waals surface area contributed by atoms with Crippen molar-refractivity contribution in [3.05, 3.63) is 42.7 Å². The number of rotatable bonds is 8. The van der Waals surface area contributed by atoms with Gasteiger partial charge in [-0.2, -0.15) is 0 Å². The zero-order valence-corrected chi connectivity index (χ0v) is 14.8. The number of allylic oxidation sites excluding steroid dienone is 1. The van der Waals surface area contributed by atoms with E-state index in [0.717, 1.165) is 39.0 Å². The van der Waals surface area contributed by atoms with Crippen LogP contribution in [-0.2, 0) is 4.79 Å². The predicted octanol–water partition coefficient (Wildman–Crippen LogP) is 2.10. The highest BCUT2D eigenvalue weighted by atomic mass is 19.1. The number of nitrogens with zero attached hydrogens (tertiary/aromatic N) is 2. The van der Waals surface area contributed by atoms with Gasteiger partial charge in [0.1, 0.15) is 5.82 Å². The number of anilines is 1. The van der Waals surface area contributed by atoms with Gasteiger partial charge in [0.25, 0.3) is 0 Å². The summed E-state index contributed by atoms with van der Waals surface area (Å²) in [5, 5.41) is 12.7. The third-order valence-corrected chi connectivity index (χ3v) is 4.60. The molecule has 1 heterocycles. The second-order valence-corrected chi connectivity index (χ2v) is 6.53. The highest BCUT2D eigenvalue weighted by molar-refractivity contribution is 5.94. The van der Waals surface area contributed by atoms with Gasteiger partial charge in [0.05, 0.1) is 12.1 Å². The third kappa shape index (κ3) is 6.23. The third-order valence-electron chi connectivity index (χ3n) is 4.60. The standard InChI is InChI=1S/C19H28FN3O2/c1-3-4-8-18(24)14-22-9-11-23(12-10-22)15(2)19(25)21-17-7-5-6-16(20)13-17/h3,5-7,13,15,18,24H,1,4,8-12,14H2,2H3,(H,21,25). The van der Waals surface area contributed by atoms with E-state index in [1.54, 1.807) is 12.1 Å². The molecule has 2 rings (SSSR count). The molecule has 0 aliphatic carbocycles. The Morgan fingerprint density at radius 3 is 2.76 bits per heavy atom. The molecule has 138 valence electrons. The van der Waals surface area contributed by atoms with E-state index in [-0.39, 0.29) is 23.9 Å². The molecule has 1 saturated heterocycles. The van der Waals surface area contributed by atoms with Gasteiger partial charge < -0.3 is 10.4 Å². The molecule has 0 aromatic heterocycles. The average Bonchev–Trinajstić information content (AvgIpc) is 2.60. The summed E-state index contributed by atoms with van der Waals surface area (Å²) in [6, 6.07) is 5.63. The first kappa shape index (κ1) is 19.6. The number of nitrogens with one attached hydrogen (secondary N) is 1. The highest BCUT2D eigenvalue weighted by Crippen LogP contribution is 2.13. The quantitative estimate of drug-likeness (QED) is 0.706. The van der Waals surface area contributed by atoms with Crippen LogP contribution in [0.25, 0.3) is 0 Å². The molecule has 1 aromatic rings. The van der Waals surface area contributed by atoms with Crippen LogP contribution in [0.15, 0.2) is 36.9 Å². The number of hydrogen-bond donors (Lipinski definition) is 2. The molecule has 0 spiro atoms. The van der Waals surface area contributed by atoms with Crippen molar-refractivity contribution < 1.29 is 14.3 Å². The fraction of sp³-hybridized carbons (Fsp3) is 0.526. The lowest BCUT2D eigenvalue weighted by Crippen LogP contribution is -2.53. The first-order valence-electron chi connectivity index (χ1n) is 8.81. The number of aliphatic hydroxyl groups is 1. The maximum atomic E-state index is 13.2. The highest BCUT2D eigenvalue weighted by Gasteiger charge is 2.26. The number of benzene rings is 1. The van der Waals surface area contributed by atoms with Gasteiger partial charge in [0, 0.05) is 38.4 Å². The number of aliphatic hydroxyl groups excluding tert-OH is 1. The fourth-order valence-electron chi connectivity index (χ4n) is 3.01.